The summed E-state index contributed by atoms with van der Waals surface area (Å²) >= 11 is 6.04. The van der Waals surface area contributed by atoms with E-state index in [0.717, 1.165) is 41.1 Å². The molecule has 1 aliphatic carbocycles. The molecule has 30 heavy (non-hydrogen) atoms. The molecule has 2 N–H and O–H groups in total. The number of fused-ring (bicyclic) bond motifs is 2. The lowest BCUT2D eigenvalue weighted by atomic mass is 9.71. The monoisotopic (exact) mass is 422 g/mol. The summed E-state index contributed by atoms with van der Waals surface area (Å²) in [5, 5.41) is 11.9. The van der Waals surface area contributed by atoms with Gasteiger partial charge in [0.1, 0.15) is 0 Å². The minimum Gasteiger partial charge on any atom is -0.325 e. The number of nitrogens with one attached hydrogen (secondary N) is 2. The van der Waals surface area contributed by atoms with Gasteiger partial charge in [0.25, 0.3) is 0 Å². The summed E-state index contributed by atoms with van der Waals surface area (Å²) in [6.07, 6.45) is 6.77. The van der Waals surface area contributed by atoms with E-state index in [2.05, 4.69) is 32.5 Å². The first-order valence-corrected chi connectivity index (χ1v) is 11.2. The largest absolute Gasteiger partial charge is 0.325 e. The van der Waals surface area contributed by atoms with Gasteiger partial charge >= 0.3 is 0 Å². The number of H-pyrrole nitrogens is 1. The molecule has 156 valence electrons. The van der Waals surface area contributed by atoms with E-state index in [-0.39, 0.29) is 5.91 Å². The Labute approximate surface area is 181 Å². The third-order valence-corrected chi connectivity index (χ3v) is 7.08. The van der Waals surface area contributed by atoms with Crippen LogP contribution in [-0.4, -0.2) is 40.6 Å². The van der Waals surface area contributed by atoms with Crippen LogP contribution in [0.4, 0.5) is 5.69 Å². The molecule has 2 aliphatic rings. The van der Waals surface area contributed by atoms with E-state index in [4.69, 9.17) is 11.6 Å². The molecule has 2 aromatic carbocycles. The first-order valence-electron chi connectivity index (χ1n) is 10.8. The fourth-order valence-corrected chi connectivity index (χ4v) is 5.53. The molecule has 3 aromatic rings. The number of nitrogens with zero attached hydrogens (tertiary/aromatic N) is 2. The summed E-state index contributed by atoms with van der Waals surface area (Å²) in [5.41, 5.74) is 3.12. The van der Waals surface area contributed by atoms with Gasteiger partial charge in [0, 0.05) is 29.2 Å². The maximum absolute atomic E-state index is 12.7. The van der Waals surface area contributed by atoms with Gasteiger partial charge in [-0.05, 0) is 72.9 Å². The molecule has 0 bridgehead atoms. The highest BCUT2D eigenvalue weighted by Gasteiger charge is 2.40. The lowest BCUT2D eigenvalue weighted by Crippen LogP contribution is -2.32. The van der Waals surface area contributed by atoms with Crippen LogP contribution in [0.1, 0.15) is 24.8 Å². The van der Waals surface area contributed by atoms with E-state index in [1.807, 2.05) is 30.3 Å². The highest BCUT2D eigenvalue weighted by atomic mass is 35.5. The molecule has 1 aromatic heterocycles. The smallest absolute Gasteiger partial charge is 0.238 e. The van der Waals surface area contributed by atoms with E-state index in [1.165, 1.54) is 24.8 Å². The van der Waals surface area contributed by atoms with Crippen molar-refractivity contribution in [1.82, 2.24) is 15.1 Å². The van der Waals surface area contributed by atoms with Crippen molar-refractivity contribution in [2.45, 2.75) is 25.7 Å². The third-order valence-electron chi connectivity index (χ3n) is 6.83. The molecule has 1 saturated heterocycles. The van der Waals surface area contributed by atoms with Crippen LogP contribution in [0.3, 0.4) is 0 Å². The van der Waals surface area contributed by atoms with Gasteiger partial charge < -0.3 is 5.32 Å². The Bertz CT molecular complexity index is 1030. The Kier molecular flexibility index (Phi) is 5.48. The Hall–Kier alpha value is -2.37. The highest BCUT2D eigenvalue weighted by Crippen LogP contribution is 2.41. The Morgan fingerprint density at radius 1 is 1.17 bits per heavy atom. The molecule has 5 nitrogen and oxygen atoms in total. The molecule has 1 amide bonds. The van der Waals surface area contributed by atoms with Crippen LogP contribution < -0.4 is 5.32 Å². The average molecular weight is 423 g/mol. The van der Waals surface area contributed by atoms with Crippen molar-refractivity contribution < 1.29 is 4.79 Å². The summed E-state index contributed by atoms with van der Waals surface area (Å²) in [4.78, 5) is 15.0. The topological polar surface area (TPSA) is 61.0 Å². The summed E-state index contributed by atoms with van der Waals surface area (Å²) in [5.74, 6) is 2.15. The lowest BCUT2D eigenvalue weighted by Gasteiger charge is -2.33. The molecule has 6 heteroatoms. The molecule has 2 heterocycles. The number of aromatic amines is 1. The van der Waals surface area contributed by atoms with Gasteiger partial charge in [0.05, 0.1) is 18.3 Å². The van der Waals surface area contributed by atoms with Gasteiger partial charge in [-0.2, -0.15) is 5.10 Å². The third kappa shape index (κ3) is 4.23. The number of benzene rings is 2. The van der Waals surface area contributed by atoms with E-state index >= 15 is 0 Å². The Morgan fingerprint density at radius 2 is 2.03 bits per heavy atom. The van der Waals surface area contributed by atoms with E-state index in [0.29, 0.717) is 24.3 Å². The quantitative estimate of drug-likeness (QED) is 0.624. The number of hydrogen-bond acceptors (Lipinski definition) is 3. The van der Waals surface area contributed by atoms with Crippen LogP contribution in [0.2, 0.25) is 5.02 Å². The minimum absolute atomic E-state index is 0.0572. The van der Waals surface area contributed by atoms with Crippen LogP contribution in [0.5, 0.6) is 0 Å². The first-order chi connectivity index (χ1) is 14.6. The zero-order chi connectivity index (χ0) is 20.5. The summed E-state index contributed by atoms with van der Waals surface area (Å²) in [6.45, 7) is 2.52. The zero-order valence-electron chi connectivity index (χ0n) is 17.0. The molecule has 1 saturated carbocycles. The number of aromatic nitrogens is 2. The number of carbonyl (C=O) groups excluding carboxylic acids is 1. The van der Waals surface area contributed by atoms with Crippen molar-refractivity contribution >= 4 is 34.1 Å². The second kappa shape index (κ2) is 8.40. The predicted octanol–water partition coefficient (Wildman–Crippen LogP) is 4.75. The fraction of sp³-hybridized carbons (Fsp3) is 0.417. The van der Waals surface area contributed by atoms with Crippen molar-refractivity contribution in [3.8, 4) is 0 Å². The normalized spacial score (nSPS) is 24.1. The number of halogens is 1. The molecular formula is C24H27ClN4O. The zero-order valence-corrected chi connectivity index (χ0v) is 17.7. The number of rotatable bonds is 5. The molecule has 3 atom stereocenters. The maximum atomic E-state index is 12.7. The Morgan fingerprint density at radius 3 is 2.90 bits per heavy atom. The summed E-state index contributed by atoms with van der Waals surface area (Å²) in [6, 6.07) is 14.1. The second-order valence-corrected chi connectivity index (χ2v) is 9.30. The molecule has 2 fully saturated rings. The van der Waals surface area contributed by atoms with Crippen molar-refractivity contribution in [2.75, 3.05) is 25.0 Å². The fourth-order valence-electron chi connectivity index (χ4n) is 5.41. The van der Waals surface area contributed by atoms with Crippen molar-refractivity contribution in [3.63, 3.8) is 0 Å². The first kappa shape index (κ1) is 19.6. The minimum atomic E-state index is 0.0572. The van der Waals surface area contributed by atoms with Gasteiger partial charge in [0.2, 0.25) is 5.91 Å². The van der Waals surface area contributed by atoms with E-state index < -0.39 is 0 Å². The average Bonchev–Trinajstić information content (AvgIpc) is 3.36. The summed E-state index contributed by atoms with van der Waals surface area (Å²) in [7, 11) is 0. The van der Waals surface area contributed by atoms with Crippen molar-refractivity contribution in [3.05, 3.63) is 59.2 Å². The van der Waals surface area contributed by atoms with E-state index in [9.17, 15) is 4.79 Å². The van der Waals surface area contributed by atoms with Crippen LogP contribution in [0.25, 0.3) is 10.9 Å². The second-order valence-electron chi connectivity index (χ2n) is 8.86. The van der Waals surface area contributed by atoms with Crippen LogP contribution >= 0.6 is 11.6 Å². The summed E-state index contributed by atoms with van der Waals surface area (Å²) < 4.78 is 0. The maximum Gasteiger partial charge on any atom is 0.238 e. The predicted molar refractivity (Wildman–Crippen MR) is 121 cm³/mol. The molecule has 1 aliphatic heterocycles. The van der Waals surface area contributed by atoms with Gasteiger partial charge in [0.15, 0.2) is 0 Å². The highest BCUT2D eigenvalue weighted by molar-refractivity contribution is 6.30. The number of likely N-dealkylation sites (tertiary alicyclic amines) is 1. The molecule has 0 spiro atoms. The lowest BCUT2D eigenvalue weighted by molar-refractivity contribution is -0.117. The molecule has 0 unspecified atom stereocenters. The standard InChI is InChI=1S/C24H27ClN4O/c25-20-7-4-16(5-8-20)10-17-2-1-3-19-13-29(14-22(17)19)15-24(30)27-21-9-6-18-12-26-28-23(18)11-21/h4-9,11-12,17,19,22H,1-3,10,13-15H2,(H,26,28)(H,27,30)/t17-,19-,22-/m1/s1. The van der Waals surface area contributed by atoms with Gasteiger partial charge in [-0.3, -0.25) is 14.8 Å². The molecular weight excluding hydrogens is 396 g/mol. The van der Waals surface area contributed by atoms with Gasteiger partial charge in [-0.1, -0.05) is 30.2 Å². The van der Waals surface area contributed by atoms with Crippen LogP contribution in [0.15, 0.2) is 48.7 Å². The van der Waals surface area contributed by atoms with Gasteiger partial charge in [-0.15, -0.1) is 0 Å². The number of anilines is 1. The molecule has 5 rings (SSSR count). The van der Waals surface area contributed by atoms with Crippen molar-refractivity contribution in [1.29, 1.82) is 0 Å². The SMILES string of the molecule is O=C(CN1C[C@H]2CCC[C@H](Cc3ccc(Cl)cc3)[C@H]2C1)Nc1ccc2cn[nH]c2c1. The van der Waals surface area contributed by atoms with Crippen LogP contribution in [0, 0.1) is 17.8 Å². The number of carbonyl (C=O) groups is 1. The van der Waals surface area contributed by atoms with Crippen LogP contribution in [-0.2, 0) is 11.2 Å². The number of amides is 1. The van der Waals surface area contributed by atoms with Gasteiger partial charge in [-0.25, -0.2) is 0 Å². The Balaban J connectivity index is 1.19. The van der Waals surface area contributed by atoms with Crippen molar-refractivity contribution in [2.24, 2.45) is 17.8 Å². The number of hydrogen-bond donors (Lipinski definition) is 2. The molecule has 0 radical (unpaired) electrons. The van der Waals surface area contributed by atoms with E-state index in [1.54, 1.807) is 6.20 Å².